The van der Waals surface area contributed by atoms with Crippen molar-refractivity contribution in [2.75, 3.05) is 0 Å². The van der Waals surface area contributed by atoms with Gasteiger partial charge in [-0.15, -0.1) is 0 Å². The molecular formula is C51H34N4O. The van der Waals surface area contributed by atoms with Gasteiger partial charge in [-0.2, -0.15) is 0 Å². The molecule has 5 aromatic carbocycles. The van der Waals surface area contributed by atoms with E-state index in [1.54, 1.807) is 12.3 Å². The smallest absolute Gasteiger partial charge is 0.159 e. The largest absolute Gasteiger partial charge is 0.457 e. The Morgan fingerprint density at radius 1 is 0.500 bits per heavy atom. The van der Waals surface area contributed by atoms with Crippen molar-refractivity contribution in [1.82, 2.24) is 19.9 Å². The van der Waals surface area contributed by atoms with Crippen LogP contribution in [-0.2, 0) is 5.41 Å². The van der Waals surface area contributed by atoms with Gasteiger partial charge in [0, 0.05) is 40.2 Å². The molecule has 1 aliphatic carbocycles. The molecule has 0 saturated carbocycles. The predicted octanol–water partition coefficient (Wildman–Crippen LogP) is 12.2. The Bertz CT molecular complexity index is 2830. The number of hydrogen-bond acceptors (Lipinski definition) is 5. The molecule has 5 nitrogen and oxygen atoms in total. The van der Waals surface area contributed by atoms with E-state index < -0.39 is 5.41 Å². The van der Waals surface area contributed by atoms with Gasteiger partial charge in [-0.25, -0.2) is 9.97 Å². The van der Waals surface area contributed by atoms with E-state index in [1.165, 1.54) is 22.3 Å². The van der Waals surface area contributed by atoms with Crippen molar-refractivity contribution in [3.05, 3.63) is 224 Å². The molecule has 5 heteroatoms. The molecule has 0 saturated heterocycles. The van der Waals surface area contributed by atoms with Gasteiger partial charge in [0.15, 0.2) is 5.82 Å². The second-order valence-electron chi connectivity index (χ2n) is 14.0. The van der Waals surface area contributed by atoms with E-state index in [-0.39, 0.29) is 0 Å². The normalized spacial score (nSPS) is 13.0. The molecule has 0 radical (unpaired) electrons. The lowest BCUT2D eigenvalue weighted by Crippen LogP contribution is -2.32. The third-order valence-corrected chi connectivity index (χ3v) is 10.8. The number of benzene rings is 5. The third-order valence-electron chi connectivity index (χ3n) is 10.8. The van der Waals surface area contributed by atoms with E-state index in [0.717, 1.165) is 67.7 Å². The van der Waals surface area contributed by atoms with Crippen molar-refractivity contribution in [1.29, 1.82) is 0 Å². The lowest BCUT2D eigenvalue weighted by Gasteiger charge is -2.40. The molecule has 0 amide bonds. The highest BCUT2D eigenvalue weighted by Crippen LogP contribution is 2.62. The molecule has 8 aromatic rings. The Morgan fingerprint density at radius 3 is 1.80 bits per heavy atom. The highest BCUT2D eigenvalue weighted by Gasteiger charge is 2.51. The highest BCUT2D eigenvalue weighted by atomic mass is 16.5. The van der Waals surface area contributed by atoms with E-state index in [9.17, 15) is 0 Å². The van der Waals surface area contributed by atoms with Crippen LogP contribution in [0.5, 0.6) is 11.5 Å². The summed E-state index contributed by atoms with van der Waals surface area (Å²) in [6.07, 6.45) is 9.12. The van der Waals surface area contributed by atoms with Gasteiger partial charge in [-0.05, 0) is 94.0 Å². The number of aromatic nitrogens is 4. The molecule has 0 N–H and O–H groups in total. The topological polar surface area (TPSA) is 60.8 Å². The summed E-state index contributed by atoms with van der Waals surface area (Å²) in [4.78, 5) is 19.3. The second kappa shape index (κ2) is 13.4. The van der Waals surface area contributed by atoms with Crippen molar-refractivity contribution in [2.45, 2.75) is 5.41 Å². The minimum atomic E-state index is -0.687. The van der Waals surface area contributed by atoms with Gasteiger partial charge < -0.3 is 4.74 Å². The van der Waals surface area contributed by atoms with Gasteiger partial charge in [-0.1, -0.05) is 122 Å². The van der Waals surface area contributed by atoms with Crippen molar-refractivity contribution < 1.29 is 4.74 Å². The molecule has 0 bridgehead atoms. The molecule has 10 rings (SSSR count). The first-order chi connectivity index (χ1) is 27.6. The molecule has 56 heavy (non-hydrogen) atoms. The summed E-state index contributed by atoms with van der Waals surface area (Å²) in [5.74, 6) is 2.18. The molecule has 0 unspecified atom stereocenters. The van der Waals surface area contributed by atoms with Crippen LogP contribution in [0.3, 0.4) is 0 Å². The molecule has 4 heterocycles. The zero-order valence-electron chi connectivity index (χ0n) is 30.4. The van der Waals surface area contributed by atoms with Crippen LogP contribution in [0.1, 0.15) is 28.1 Å². The number of nitrogens with zero attached hydrogens (tertiary/aromatic N) is 4. The van der Waals surface area contributed by atoms with Gasteiger partial charge in [0.25, 0.3) is 0 Å². The molecule has 3 aromatic heterocycles. The minimum Gasteiger partial charge on any atom is -0.457 e. The molecule has 0 fully saturated rings. The van der Waals surface area contributed by atoms with Crippen LogP contribution in [0.25, 0.3) is 61.7 Å². The van der Waals surface area contributed by atoms with E-state index in [2.05, 4.69) is 138 Å². The van der Waals surface area contributed by atoms with Crippen LogP contribution in [-0.4, -0.2) is 19.9 Å². The first kappa shape index (κ1) is 33.1. The first-order valence-corrected chi connectivity index (χ1v) is 18.6. The number of ether oxygens (including phenoxy) is 1. The Labute approximate surface area is 325 Å². The number of rotatable bonds is 7. The van der Waals surface area contributed by atoms with Gasteiger partial charge >= 0.3 is 0 Å². The maximum atomic E-state index is 6.88. The second-order valence-corrected chi connectivity index (χ2v) is 14.0. The molecule has 264 valence electrons. The molecular weight excluding hydrogens is 685 g/mol. The van der Waals surface area contributed by atoms with Gasteiger partial charge in [0.1, 0.15) is 11.5 Å². The van der Waals surface area contributed by atoms with Crippen LogP contribution in [0.4, 0.5) is 0 Å². The minimum absolute atomic E-state index is 0.553. The molecule has 0 atom stereocenters. The lowest BCUT2D eigenvalue weighted by atomic mass is 9.65. The standard InChI is InChI=1S/C51H34N4O/c1-3-4-14-33(2)50-54-45(34-15-6-5-7-16-34)32-46(55-50)37-23-25-49-43(30-37)51(40-19-10-8-17-38(40)39-18-9-11-20-41(39)51)42-29-35(22-24-48(42)56-49)36-26-28-53-47(31-36)44-21-12-13-27-52-44/h3-32H,1-2H2/b14-4-. The monoisotopic (exact) mass is 718 g/mol. The molecule has 2 aliphatic rings. The number of hydrogen-bond donors (Lipinski definition) is 0. The summed E-state index contributed by atoms with van der Waals surface area (Å²) in [5, 5.41) is 0. The van der Waals surface area contributed by atoms with E-state index in [4.69, 9.17) is 14.7 Å². The quantitative estimate of drug-likeness (QED) is 0.154. The summed E-state index contributed by atoms with van der Waals surface area (Å²) < 4.78 is 6.88. The zero-order chi connectivity index (χ0) is 37.6. The van der Waals surface area contributed by atoms with Crippen LogP contribution >= 0.6 is 0 Å². The van der Waals surface area contributed by atoms with Crippen molar-refractivity contribution in [3.63, 3.8) is 0 Å². The summed E-state index contributed by atoms with van der Waals surface area (Å²) in [7, 11) is 0. The van der Waals surface area contributed by atoms with Crippen LogP contribution < -0.4 is 4.74 Å². The summed E-state index contributed by atoms with van der Waals surface area (Å²) in [5.41, 5.74) is 14.3. The Hall–Kier alpha value is -7.50. The highest BCUT2D eigenvalue weighted by molar-refractivity contribution is 5.90. The zero-order valence-corrected chi connectivity index (χ0v) is 30.4. The van der Waals surface area contributed by atoms with Crippen molar-refractivity contribution in [2.24, 2.45) is 0 Å². The molecule has 1 spiro atoms. The lowest BCUT2D eigenvalue weighted by molar-refractivity contribution is 0.436. The van der Waals surface area contributed by atoms with Gasteiger partial charge in [0.2, 0.25) is 0 Å². The van der Waals surface area contributed by atoms with Gasteiger partial charge in [-0.3, -0.25) is 9.97 Å². The van der Waals surface area contributed by atoms with Gasteiger partial charge in [0.05, 0.1) is 28.2 Å². The fourth-order valence-electron chi connectivity index (χ4n) is 8.26. The Morgan fingerprint density at radius 2 is 1.11 bits per heavy atom. The first-order valence-electron chi connectivity index (χ1n) is 18.6. The Balaban J connectivity index is 1.21. The number of pyridine rings is 2. The van der Waals surface area contributed by atoms with Crippen LogP contribution in [0, 0.1) is 0 Å². The fraction of sp³-hybridized carbons (Fsp3) is 0.0196. The SMILES string of the molecule is C=C/C=C\C(=C)c1nc(-c2ccccc2)cc(-c2ccc3c(c2)C2(c4cc(-c5ccnc(-c6ccccn6)c5)ccc4O3)c3ccccc3-c3ccccc32)n1. The van der Waals surface area contributed by atoms with Crippen molar-refractivity contribution >= 4 is 5.57 Å². The van der Waals surface area contributed by atoms with E-state index in [0.29, 0.717) is 11.4 Å². The van der Waals surface area contributed by atoms with Crippen LogP contribution in [0.2, 0.25) is 0 Å². The van der Waals surface area contributed by atoms with E-state index >= 15 is 0 Å². The average Bonchev–Trinajstić information content (AvgIpc) is 3.56. The third kappa shape index (κ3) is 5.32. The summed E-state index contributed by atoms with van der Waals surface area (Å²) in [6, 6.07) is 52.8. The summed E-state index contributed by atoms with van der Waals surface area (Å²) in [6.45, 7) is 8.14. The van der Waals surface area contributed by atoms with Crippen LogP contribution in [0.15, 0.2) is 195 Å². The molecule has 1 aliphatic heterocycles. The summed E-state index contributed by atoms with van der Waals surface area (Å²) >= 11 is 0. The number of allylic oxidation sites excluding steroid dienone is 4. The Kier molecular flexibility index (Phi) is 7.93. The van der Waals surface area contributed by atoms with Crippen molar-refractivity contribution in [3.8, 4) is 67.7 Å². The number of fused-ring (bicyclic) bond motifs is 9. The predicted molar refractivity (Wildman–Crippen MR) is 225 cm³/mol. The van der Waals surface area contributed by atoms with E-state index in [1.807, 2.05) is 54.7 Å². The average molecular weight is 719 g/mol. The maximum Gasteiger partial charge on any atom is 0.159 e. The fourth-order valence-corrected chi connectivity index (χ4v) is 8.26. The maximum absolute atomic E-state index is 6.88.